The number of benzene rings is 10. The third-order valence-corrected chi connectivity index (χ3v) is 17.0. The predicted molar refractivity (Wildman–Crippen MR) is 270 cm³/mol. The van der Waals surface area contributed by atoms with Crippen LogP contribution < -0.4 is 15.9 Å². The molecule has 11 aromatic rings. The van der Waals surface area contributed by atoms with Crippen molar-refractivity contribution in [3.63, 3.8) is 0 Å². The zero-order valence-corrected chi connectivity index (χ0v) is 36.6. The zero-order valence-electron chi connectivity index (χ0n) is 35.7. The molecule has 2 heterocycles. The van der Waals surface area contributed by atoms with Gasteiger partial charge >= 0.3 is 0 Å². The van der Waals surface area contributed by atoms with Crippen LogP contribution in [0.1, 0.15) is 44.5 Å². The van der Waals surface area contributed by atoms with Crippen molar-refractivity contribution in [3.8, 4) is 5.69 Å². The minimum absolute atomic E-state index is 0.593. The van der Waals surface area contributed by atoms with Gasteiger partial charge in [-0.05, 0) is 56.6 Å². The van der Waals surface area contributed by atoms with E-state index in [0.717, 1.165) is 32.7 Å². The highest BCUT2D eigenvalue weighted by molar-refractivity contribution is 7.85. The van der Waals surface area contributed by atoms with Gasteiger partial charge in [-0.2, -0.15) is 0 Å². The Bertz CT molecular complexity index is 3390. The summed E-state index contributed by atoms with van der Waals surface area (Å²) in [6, 6.07) is 95.4. The Kier molecular flexibility index (Phi) is 9.26. The van der Waals surface area contributed by atoms with Crippen molar-refractivity contribution in [2.75, 3.05) is 0 Å². The third-order valence-electron chi connectivity index (χ3n) is 13.9. The van der Waals surface area contributed by atoms with E-state index in [1.807, 2.05) is 60.7 Å². The maximum absolute atomic E-state index is 15.7. The lowest BCUT2D eigenvalue weighted by Crippen LogP contribution is -2.36. The first-order valence-corrected chi connectivity index (χ1v) is 24.1. The molecule has 0 saturated carbocycles. The van der Waals surface area contributed by atoms with E-state index in [2.05, 4.69) is 211 Å². The molecule has 12 rings (SSSR count). The summed E-state index contributed by atoms with van der Waals surface area (Å²) in [7, 11) is -3.23. The van der Waals surface area contributed by atoms with Gasteiger partial charge in [0.25, 0.3) is 0 Å². The Balaban J connectivity index is 1.15. The molecule has 3 heteroatoms. The molecule has 1 unspecified atom stereocenters. The van der Waals surface area contributed by atoms with Crippen molar-refractivity contribution < 1.29 is 4.57 Å². The van der Waals surface area contributed by atoms with Gasteiger partial charge in [0.2, 0.25) is 0 Å². The van der Waals surface area contributed by atoms with E-state index in [1.54, 1.807) is 0 Å². The molecule has 1 aliphatic rings. The molecule has 0 radical (unpaired) electrons. The molecule has 2 nitrogen and oxygen atoms in total. The van der Waals surface area contributed by atoms with Gasteiger partial charge in [0.1, 0.15) is 0 Å². The Hall–Kier alpha value is -7.77. The Labute approximate surface area is 380 Å². The highest BCUT2D eigenvalue weighted by atomic mass is 31.2. The highest BCUT2D eigenvalue weighted by Gasteiger charge is 2.46. The topological polar surface area (TPSA) is 22.0 Å². The molecule has 0 N–H and O–H groups in total. The summed E-state index contributed by atoms with van der Waals surface area (Å²) < 4.78 is 18.2. The summed E-state index contributed by atoms with van der Waals surface area (Å²) in [5.41, 5.74) is 11.6. The smallest absolute Gasteiger partial charge is 0.171 e. The van der Waals surface area contributed by atoms with Crippen molar-refractivity contribution in [3.05, 3.63) is 311 Å². The van der Waals surface area contributed by atoms with Crippen molar-refractivity contribution >= 4 is 44.9 Å². The molecule has 0 bridgehead atoms. The maximum atomic E-state index is 15.7. The van der Waals surface area contributed by atoms with Crippen molar-refractivity contribution in [1.82, 2.24) is 4.57 Å². The van der Waals surface area contributed by atoms with Gasteiger partial charge in [0, 0.05) is 26.7 Å². The maximum Gasteiger partial charge on any atom is 0.171 e. The minimum atomic E-state index is -3.23. The second-order valence-corrected chi connectivity index (χ2v) is 19.8. The van der Waals surface area contributed by atoms with Gasteiger partial charge in [-0.1, -0.05) is 255 Å². The fraction of sp³-hybridized carbons (Fsp3) is 0.0323. The first-order valence-electron chi connectivity index (χ1n) is 22.4. The summed E-state index contributed by atoms with van der Waals surface area (Å²) >= 11 is 0. The molecule has 0 aliphatic carbocycles. The predicted octanol–water partition coefficient (Wildman–Crippen LogP) is 13.5. The third kappa shape index (κ3) is 5.71. The fourth-order valence-corrected chi connectivity index (χ4v) is 13.8. The molecule has 308 valence electrons. The molecule has 0 amide bonds. The van der Waals surface area contributed by atoms with Crippen molar-refractivity contribution in [1.29, 1.82) is 0 Å². The van der Waals surface area contributed by atoms with E-state index < -0.39 is 18.0 Å². The molecular weight excluding hydrogens is 806 g/mol. The monoisotopic (exact) mass is 849 g/mol. The average molecular weight is 850 g/mol. The van der Waals surface area contributed by atoms with E-state index in [9.17, 15) is 0 Å². The lowest BCUT2D eigenvalue weighted by Gasteiger charge is -2.42. The summed E-state index contributed by atoms with van der Waals surface area (Å²) in [6.07, 6.45) is 0. The first kappa shape index (κ1) is 38.9. The van der Waals surface area contributed by atoms with E-state index in [4.69, 9.17) is 0 Å². The first-order chi connectivity index (χ1) is 32.1. The number of hydrogen-bond acceptors (Lipinski definition) is 1. The summed E-state index contributed by atoms with van der Waals surface area (Å²) in [5.74, 6) is 0. The molecule has 1 atom stereocenters. The highest BCUT2D eigenvalue weighted by Crippen LogP contribution is 2.55. The molecule has 1 aromatic heterocycles. The Morgan fingerprint density at radius 2 is 0.738 bits per heavy atom. The quantitative estimate of drug-likeness (QED) is 0.105. The van der Waals surface area contributed by atoms with Crippen LogP contribution in [-0.4, -0.2) is 4.57 Å². The van der Waals surface area contributed by atoms with E-state index in [1.165, 1.54) is 55.2 Å². The molecule has 1 aliphatic heterocycles. The van der Waals surface area contributed by atoms with Gasteiger partial charge in [0.05, 0.1) is 27.6 Å². The van der Waals surface area contributed by atoms with Crippen LogP contribution in [0, 0.1) is 0 Å². The number of rotatable bonds is 9. The van der Waals surface area contributed by atoms with E-state index in [0.29, 0.717) is 0 Å². The lowest BCUT2D eigenvalue weighted by molar-refractivity contribution is 0.592. The van der Waals surface area contributed by atoms with Gasteiger partial charge in [0.15, 0.2) is 7.14 Å². The molecule has 0 saturated heterocycles. The van der Waals surface area contributed by atoms with Crippen LogP contribution in [0.5, 0.6) is 0 Å². The molecule has 10 aromatic carbocycles. The largest absolute Gasteiger partial charge is 0.309 e. The van der Waals surface area contributed by atoms with Gasteiger partial charge in [-0.15, -0.1) is 0 Å². The number of nitrogens with zero attached hydrogens (tertiary/aromatic N) is 1. The van der Waals surface area contributed by atoms with Gasteiger partial charge in [-0.3, -0.25) is 0 Å². The van der Waals surface area contributed by atoms with Crippen LogP contribution >= 0.6 is 7.14 Å². The minimum Gasteiger partial charge on any atom is -0.309 e. The van der Waals surface area contributed by atoms with Crippen LogP contribution in [0.2, 0.25) is 0 Å². The number of hydrogen-bond donors (Lipinski definition) is 0. The van der Waals surface area contributed by atoms with Crippen LogP contribution in [0.25, 0.3) is 27.5 Å². The Morgan fingerprint density at radius 1 is 0.338 bits per heavy atom. The van der Waals surface area contributed by atoms with E-state index in [-0.39, 0.29) is 0 Å². The van der Waals surface area contributed by atoms with Crippen LogP contribution in [-0.2, 0) is 15.4 Å². The second kappa shape index (κ2) is 15.5. The molecular formula is C62H44NOP. The number of fused-ring (bicyclic) bond motifs is 5. The molecule has 0 fully saturated rings. The van der Waals surface area contributed by atoms with Crippen molar-refractivity contribution in [2.45, 2.75) is 10.8 Å². The van der Waals surface area contributed by atoms with Gasteiger partial charge < -0.3 is 9.13 Å². The van der Waals surface area contributed by atoms with Crippen molar-refractivity contribution in [2.24, 2.45) is 0 Å². The normalized spacial score (nSPS) is 14.6. The van der Waals surface area contributed by atoms with Gasteiger partial charge in [-0.25, -0.2) is 0 Å². The van der Waals surface area contributed by atoms with Crippen LogP contribution in [0.3, 0.4) is 0 Å². The molecule has 65 heavy (non-hydrogen) atoms. The average Bonchev–Trinajstić information content (AvgIpc) is 3.74. The standard InChI is InChI=1S/C62H44NOP/c64-65(51-27-12-4-13-28-51,52-29-14-5-15-30-52)53-43-41-50(42-44-53)62(56-33-17-19-36-59(56)63-58-35-18-16-31-54(58)55-32-20-34-57(62)60(55)63)49-39-37-48(38-40-49)61(45-21-6-1-7-22-45,46-23-8-2-9-24-46)47-25-10-3-11-26-47/h1-44H. The number of para-hydroxylation sites is 3. The Morgan fingerprint density at radius 3 is 1.29 bits per heavy atom. The summed E-state index contributed by atoms with van der Waals surface area (Å²) in [6.45, 7) is 0. The number of aromatic nitrogens is 1. The van der Waals surface area contributed by atoms with Crippen LogP contribution in [0.15, 0.2) is 267 Å². The zero-order chi connectivity index (χ0) is 43.4. The van der Waals surface area contributed by atoms with E-state index >= 15 is 4.57 Å². The summed E-state index contributed by atoms with van der Waals surface area (Å²) in [4.78, 5) is 0. The van der Waals surface area contributed by atoms with Crippen LogP contribution in [0.4, 0.5) is 0 Å². The molecule has 0 spiro atoms. The summed E-state index contributed by atoms with van der Waals surface area (Å²) in [5, 5.41) is 4.89. The second-order valence-electron chi connectivity index (χ2n) is 17.1. The lowest BCUT2D eigenvalue weighted by atomic mass is 9.61. The SMILES string of the molecule is O=P(c1ccccc1)(c1ccccc1)c1ccc(C2(c3ccc(C(c4ccccc4)(c4ccccc4)c4ccccc4)cc3)c3ccccc3-n3c4ccccc4c4cccc2c43)cc1. The fourth-order valence-electron chi connectivity index (χ4n) is 11.2.